The number of piperazine rings is 2. The molecule has 0 unspecified atom stereocenters. The Balaban J connectivity index is -0.000000396. The van der Waals surface area contributed by atoms with Crippen LogP contribution in [0.3, 0.4) is 0 Å². The van der Waals surface area contributed by atoms with Crippen LogP contribution in [0.4, 0.5) is 0 Å². The van der Waals surface area contributed by atoms with E-state index in [1.54, 1.807) is 0 Å². The van der Waals surface area contributed by atoms with E-state index in [1.807, 2.05) is 12.2 Å². The number of allylic oxidation sites excluding steroid dienone is 22. The Labute approximate surface area is 369 Å². The average molecular weight is 837 g/mol. The number of unbranched alkanes of at least 4 members (excludes halogenated alkanes) is 1. The van der Waals surface area contributed by atoms with Gasteiger partial charge in [-0.05, 0) is 89.9 Å². The van der Waals surface area contributed by atoms with Gasteiger partial charge in [0.05, 0.1) is 0 Å². The van der Waals surface area contributed by atoms with E-state index < -0.39 is 11.9 Å². The quantitative estimate of drug-likeness (QED) is 0.0287. The van der Waals surface area contributed by atoms with Gasteiger partial charge < -0.3 is 46.3 Å². The van der Waals surface area contributed by atoms with E-state index in [4.69, 9.17) is 10.2 Å². The lowest BCUT2D eigenvalue weighted by Crippen LogP contribution is -3.04. The number of carboxylic acid groups (broad SMARTS) is 2. The van der Waals surface area contributed by atoms with E-state index in [0.717, 1.165) is 83.5 Å². The van der Waals surface area contributed by atoms with Crippen molar-refractivity contribution in [3.05, 3.63) is 149 Å². The molecular formula is C52H92N4O4+2. The lowest BCUT2D eigenvalue weighted by Gasteiger charge is -2.04. The summed E-state index contributed by atoms with van der Waals surface area (Å²) in [5.41, 5.74) is 0. The zero-order chi connectivity index (χ0) is 42.5. The van der Waals surface area contributed by atoms with Crippen molar-refractivity contribution in [3.8, 4) is 0 Å². The normalized spacial score (nSPS) is 14.7. The van der Waals surface area contributed by atoms with Gasteiger partial charge in [-0.25, -0.2) is 0 Å². The van der Waals surface area contributed by atoms with Gasteiger partial charge in [0.1, 0.15) is 52.4 Å². The van der Waals surface area contributed by atoms with Crippen molar-refractivity contribution in [3.63, 3.8) is 0 Å². The zero-order valence-corrected chi connectivity index (χ0v) is 38.7. The number of quaternary nitrogens is 4. The fourth-order valence-corrected chi connectivity index (χ4v) is 5.11. The molecule has 2 saturated heterocycles. The van der Waals surface area contributed by atoms with Crippen LogP contribution in [0.25, 0.3) is 0 Å². The Hall–Kier alpha value is -4.08. The van der Waals surface area contributed by atoms with Gasteiger partial charge in [0.15, 0.2) is 0 Å². The Bertz CT molecular complexity index is 1200. The fraction of sp³-hybridized carbons (Fsp3) is 0.500. The highest BCUT2D eigenvalue weighted by atomic mass is 16.4. The van der Waals surface area contributed by atoms with Crippen LogP contribution in [-0.2, 0) is 9.59 Å². The molecule has 8 heteroatoms. The van der Waals surface area contributed by atoms with Crippen molar-refractivity contribution >= 4 is 11.9 Å². The molecule has 0 spiro atoms. The van der Waals surface area contributed by atoms with Gasteiger partial charge in [-0.2, -0.15) is 0 Å². The Morgan fingerprint density at radius 2 is 0.567 bits per heavy atom. The van der Waals surface area contributed by atoms with E-state index in [0.29, 0.717) is 6.42 Å². The number of carbonyl (C=O) groups is 2. The number of carboxylic acids is 2. The lowest BCUT2D eigenvalue weighted by atomic mass is 10.2. The Morgan fingerprint density at radius 3 is 0.783 bits per heavy atom. The smallest absolute Gasteiger partial charge is 0.303 e. The summed E-state index contributed by atoms with van der Waals surface area (Å²) in [7, 11) is 0. The number of aliphatic carboxylic acids is 2. The van der Waals surface area contributed by atoms with Crippen molar-refractivity contribution in [2.45, 2.75) is 117 Å². The molecule has 0 bridgehead atoms. The Kier molecular flexibility index (Phi) is 61.8. The van der Waals surface area contributed by atoms with Gasteiger partial charge in [-0.3, -0.25) is 9.59 Å². The second-order valence-electron chi connectivity index (χ2n) is 13.8. The molecule has 0 aromatic carbocycles. The number of hydrogen-bond acceptors (Lipinski definition) is 2. The van der Waals surface area contributed by atoms with Gasteiger partial charge in [0.2, 0.25) is 0 Å². The molecule has 60 heavy (non-hydrogen) atoms. The van der Waals surface area contributed by atoms with Crippen LogP contribution < -0.4 is 21.3 Å². The average Bonchev–Trinajstić information content (AvgIpc) is 3.24. The van der Waals surface area contributed by atoms with Gasteiger partial charge >= 0.3 is 11.9 Å². The van der Waals surface area contributed by atoms with E-state index >= 15 is 0 Å². The second kappa shape index (κ2) is 59.2. The molecule has 2 fully saturated rings. The molecule has 0 aromatic rings. The van der Waals surface area contributed by atoms with Crippen molar-refractivity contribution < 1.29 is 41.1 Å². The number of nitrogens with two attached hydrogens (primary N) is 4. The summed E-state index contributed by atoms with van der Waals surface area (Å²) < 4.78 is 0. The summed E-state index contributed by atoms with van der Waals surface area (Å²) in [6.07, 6.45) is 60.9. The third-order valence-electron chi connectivity index (χ3n) is 8.34. The van der Waals surface area contributed by atoms with Crippen molar-refractivity contribution in [1.82, 2.24) is 0 Å². The second-order valence-corrected chi connectivity index (χ2v) is 13.8. The van der Waals surface area contributed by atoms with E-state index in [2.05, 4.69) is 157 Å². The standard InChI is InChI=1S/C22H32O2.C20H30O2.2C4H10N2.2CH3/c1-2-3-4-5-6-7-8-9-10-11-12-13-14-15-16-17-18-19-20-21-22(23)24;1-2-3-4-5-6-7-8-9-10-11-12-13-14-15-16-17-18-19-20(21)22;2*1-2-6-4-3-5-1;;/h3-4,6-7,9-10,12-13,15-16,18-19H,2,5,8,11,14,17,20-21H2,1H3,(H,23,24);3-4,6-7,9-10,12-13,15-16H,2,5,8,11,14,17-19H2,1H3,(H,21,22);2*5-6H,1-4H2;2*1H3/q;;;;2*-1/p+4/b4-3-,7-6-,10-9-,13-12-,16-15-,19-18-;4-3-,7-6-,10-9-,13-12-,16-15-;;;;. The summed E-state index contributed by atoms with van der Waals surface area (Å²) in [6.45, 7) is 14.8. The van der Waals surface area contributed by atoms with E-state index in [1.165, 1.54) is 52.4 Å². The van der Waals surface area contributed by atoms with Crippen LogP contribution in [0.15, 0.2) is 134 Å². The van der Waals surface area contributed by atoms with Crippen LogP contribution in [0, 0.1) is 14.9 Å². The molecule has 0 saturated carbocycles. The summed E-state index contributed by atoms with van der Waals surface area (Å²) in [4.78, 5) is 20.6. The predicted molar refractivity (Wildman–Crippen MR) is 260 cm³/mol. The first-order valence-corrected chi connectivity index (χ1v) is 22.4. The van der Waals surface area contributed by atoms with Gasteiger partial charge in [0.25, 0.3) is 0 Å². The molecule has 2 rings (SSSR count). The molecule has 2 aliphatic heterocycles. The summed E-state index contributed by atoms with van der Waals surface area (Å²) >= 11 is 0. The van der Waals surface area contributed by atoms with E-state index in [9.17, 15) is 9.59 Å². The third-order valence-corrected chi connectivity index (χ3v) is 8.34. The molecule has 0 aromatic heterocycles. The minimum Gasteiger partial charge on any atom is -0.481 e. The largest absolute Gasteiger partial charge is 0.481 e. The minimum absolute atomic E-state index is 0. The first kappa shape index (κ1) is 62.6. The highest BCUT2D eigenvalue weighted by molar-refractivity contribution is 5.67. The van der Waals surface area contributed by atoms with Crippen LogP contribution in [0.2, 0.25) is 0 Å². The predicted octanol–water partition coefficient (Wildman–Crippen LogP) is 7.70. The Morgan fingerprint density at radius 1 is 0.350 bits per heavy atom. The molecule has 342 valence electrons. The minimum atomic E-state index is -0.741. The topological polar surface area (TPSA) is 141 Å². The van der Waals surface area contributed by atoms with Gasteiger partial charge in [-0.15, -0.1) is 0 Å². The van der Waals surface area contributed by atoms with E-state index in [-0.39, 0.29) is 27.7 Å². The van der Waals surface area contributed by atoms with Crippen LogP contribution in [0.5, 0.6) is 0 Å². The molecule has 0 aliphatic carbocycles. The maximum Gasteiger partial charge on any atom is 0.303 e. The number of rotatable bonds is 27. The summed E-state index contributed by atoms with van der Waals surface area (Å²) in [5.74, 6) is -1.46. The van der Waals surface area contributed by atoms with Gasteiger partial charge in [-0.1, -0.05) is 148 Å². The lowest BCUT2D eigenvalue weighted by molar-refractivity contribution is -0.787. The maximum atomic E-state index is 10.3. The molecule has 0 radical (unpaired) electrons. The zero-order valence-electron chi connectivity index (χ0n) is 38.7. The van der Waals surface area contributed by atoms with Crippen molar-refractivity contribution in [2.75, 3.05) is 52.4 Å². The maximum absolute atomic E-state index is 10.3. The molecule has 2 aliphatic rings. The SMILES string of the molecule is C1C[NH2+]CC[NH2+]1.C1C[NH2+]CC[NH2+]1.CC/C=C\C/C=C\C/C=C\C/C=C\C/C=C\C/C=C\CCC(=O)O.CC/C=C\C/C=C\C/C=C\C/C=C\C/C=C\CCCC(=O)O.[CH3-].[CH3-]. The van der Waals surface area contributed by atoms with Crippen LogP contribution in [-0.4, -0.2) is 74.5 Å². The monoisotopic (exact) mass is 837 g/mol. The molecular weight excluding hydrogens is 745 g/mol. The summed E-state index contributed by atoms with van der Waals surface area (Å²) in [6, 6.07) is 0. The molecule has 8 nitrogen and oxygen atoms in total. The highest BCUT2D eigenvalue weighted by Crippen LogP contribution is 2.00. The number of hydrogen-bond donors (Lipinski definition) is 6. The molecule has 0 amide bonds. The van der Waals surface area contributed by atoms with Gasteiger partial charge in [0, 0.05) is 12.8 Å². The van der Waals surface area contributed by atoms with Crippen molar-refractivity contribution in [1.29, 1.82) is 0 Å². The van der Waals surface area contributed by atoms with Crippen LogP contribution >= 0.6 is 0 Å². The molecule has 2 heterocycles. The summed E-state index contributed by atoms with van der Waals surface area (Å²) in [5, 5.41) is 26.4. The molecule has 10 N–H and O–H groups in total. The fourth-order valence-electron chi connectivity index (χ4n) is 5.11. The molecule has 0 atom stereocenters. The highest BCUT2D eigenvalue weighted by Gasteiger charge is 2.00. The van der Waals surface area contributed by atoms with Crippen molar-refractivity contribution in [2.24, 2.45) is 0 Å². The first-order chi connectivity index (χ1) is 28.5. The third kappa shape index (κ3) is 65.8. The first-order valence-electron chi connectivity index (χ1n) is 22.4. The van der Waals surface area contributed by atoms with Crippen LogP contribution in [0.1, 0.15) is 117 Å².